The van der Waals surface area contributed by atoms with Gasteiger partial charge in [0.2, 0.25) is 11.8 Å². The third kappa shape index (κ3) is 3.72. The van der Waals surface area contributed by atoms with E-state index in [1.807, 2.05) is 6.07 Å². The van der Waals surface area contributed by atoms with Crippen molar-refractivity contribution in [3.05, 3.63) is 42.5 Å². The SMILES string of the molecule is COc1ccc(NC(=O)CN2C(=O)CCOc3ccccc32)c(OC)c1. The molecule has 136 valence electrons. The zero-order valence-corrected chi connectivity index (χ0v) is 14.7. The minimum absolute atomic E-state index is 0.117. The average Bonchev–Trinajstić information content (AvgIpc) is 2.81. The molecule has 0 atom stereocenters. The van der Waals surface area contributed by atoms with Crippen LogP contribution < -0.4 is 24.4 Å². The van der Waals surface area contributed by atoms with Crippen LogP contribution in [0.15, 0.2) is 42.5 Å². The van der Waals surface area contributed by atoms with Crippen LogP contribution in [-0.2, 0) is 9.59 Å². The molecule has 3 rings (SSSR count). The third-order valence-corrected chi connectivity index (χ3v) is 4.02. The Labute approximate surface area is 151 Å². The van der Waals surface area contributed by atoms with Crippen molar-refractivity contribution in [1.29, 1.82) is 0 Å². The first-order chi connectivity index (χ1) is 12.6. The van der Waals surface area contributed by atoms with Crippen molar-refractivity contribution in [3.63, 3.8) is 0 Å². The molecule has 0 fully saturated rings. The molecular formula is C19H20N2O5. The largest absolute Gasteiger partial charge is 0.497 e. The van der Waals surface area contributed by atoms with Gasteiger partial charge in [-0.1, -0.05) is 12.1 Å². The number of anilines is 2. The molecule has 1 aliphatic rings. The molecule has 0 saturated carbocycles. The first-order valence-corrected chi connectivity index (χ1v) is 8.16. The number of carbonyl (C=O) groups excluding carboxylic acids is 2. The van der Waals surface area contributed by atoms with E-state index in [4.69, 9.17) is 14.2 Å². The van der Waals surface area contributed by atoms with Crippen molar-refractivity contribution >= 4 is 23.2 Å². The van der Waals surface area contributed by atoms with E-state index in [1.54, 1.807) is 43.5 Å². The van der Waals surface area contributed by atoms with Crippen LogP contribution in [0.25, 0.3) is 0 Å². The summed E-state index contributed by atoms with van der Waals surface area (Å²) in [6.45, 7) is 0.175. The Morgan fingerprint density at radius 3 is 2.77 bits per heavy atom. The summed E-state index contributed by atoms with van der Waals surface area (Å²) in [5.41, 5.74) is 1.09. The highest BCUT2D eigenvalue weighted by Crippen LogP contribution is 2.32. The quantitative estimate of drug-likeness (QED) is 0.890. The number of para-hydroxylation sites is 2. The highest BCUT2D eigenvalue weighted by molar-refractivity contribution is 6.04. The predicted octanol–water partition coefficient (Wildman–Crippen LogP) is 2.46. The van der Waals surface area contributed by atoms with Gasteiger partial charge in [-0.3, -0.25) is 14.5 Å². The van der Waals surface area contributed by atoms with Gasteiger partial charge in [0.25, 0.3) is 0 Å². The van der Waals surface area contributed by atoms with Crippen LogP contribution in [0.2, 0.25) is 0 Å². The zero-order chi connectivity index (χ0) is 18.5. The van der Waals surface area contributed by atoms with Gasteiger partial charge in [-0.25, -0.2) is 0 Å². The molecule has 0 aromatic heterocycles. The number of fused-ring (bicyclic) bond motifs is 1. The third-order valence-electron chi connectivity index (χ3n) is 4.02. The summed E-state index contributed by atoms with van der Waals surface area (Å²) in [6, 6.07) is 12.3. The number of nitrogens with one attached hydrogen (secondary N) is 1. The second-order valence-corrected chi connectivity index (χ2v) is 5.66. The number of methoxy groups -OCH3 is 2. The first kappa shape index (κ1) is 17.6. The summed E-state index contributed by atoms with van der Waals surface area (Å²) in [4.78, 5) is 26.4. The van der Waals surface area contributed by atoms with E-state index in [0.717, 1.165) is 0 Å². The summed E-state index contributed by atoms with van der Waals surface area (Å²) in [7, 11) is 3.06. The van der Waals surface area contributed by atoms with Gasteiger partial charge in [0.1, 0.15) is 23.8 Å². The van der Waals surface area contributed by atoms with Crippen LogP contribution >= 0.6 is 0 Å². The molecule has 1 N–H and O–H groups in total. The number of hydrogen-bond acceptors (Lipinski definition) is 5. The fraction of sp³-hybridized carbons (Fsp3) is 0.263. The van der Waals surface area contributed by atoms with Gasteiger partial charge in [0, 0.05) is 6.07 Å². The summed E-state index contributed by atoms with van der Waals surface area (Å²) in [5.74, 6) is 1.19. The van der Waals surface area contributed by atoms with Gasteiger partial charge in [0.05, 0.1) is 38.6 Å². The lowest BCUT2D eigenvalue weighted by Crippen LogP contribution is -2.37. The first-order valence-electron chi connectivity index (χ1n) is 8.16. The number of amides is 2. The van der Waals surface area contributed by atoms with E-state index >= 15 is 0 Å². The summed E-state index contributed by atoms with van der Waals surface area (Å²) < 4.78 is 16.0. The number of hydrogen-bond donors (Lipinski definition) is 1. The lowest BCUT2D eigenvalue weighted by atomic mass is 10.2. The second kappa shape index (κ2) is 7.77. The van der Waals surface area contributed by atoms with Crippen LogP contribution in [-0.4, -0.2) is 39.2 Å². The molecule has 0 aliphatic carbocycles. The van der Waals surface area contributed by atoms with Gasteiger partial charge in [0.15, 0.2) is 0 Å². The molecule has 1 aliphatic heterocycles. The lowest BCUT2D eigenvalue weighted by Gasteiger charge is -2.21. The lowest BCUT2D eigenvalue weighted by molar-refractivity contribution is -0.121. The predicted molar refractivity (Wildman–Crippen MR) is 97.1 cm³/mol. The molecule has 0 unspecified atom stereocenters. The monoisotopic (exact) mass is 356 g/mol. The Morgan fingerprint density at radius 2 is 2.00 bits per heavy atom. The molecule has 0 spiro atoms. The zero-order valence-electron chi connectivity index (χ0n) is 14.7. The highest BCUT2D eigenvalue weighted by Gasteiger charge is 2.25. The Bertz CT molecular complexity index is 821. The van der Waals surface area contributed by atoms with E-state index in [1.165, 1.54) is 12.0 Å². The van der Waals surface area contributed by atoms with Crippen molar-refractivity contribution in [2.45, 2.75) is 6.42 Å². The maximum atomic E-state index is 12.5. The second-order valence-electron chi connectivity index (χ2n) is 5.66. The molecule has 7 heteroatoms. The van der Waals surface area contributed by atoms with E-state index in [-0.39, 0.29) is 24.8 Å². The van der Waals surface area contributed by atoms with E-state index in [0.29, 0.717) is 35.2 Å². The molecular weight excluding hydrogens is 336 g/mol. The number of carbonyl (C=O) groups is 2. The average molecular weight is 356 g/mol. The van der Waals surface area contributed by atoms with Crippen LogP contribution in [0.4, 0.5) is 11.4 Å². The van der Waals surface area contributed by atoms with Crippen molar-refractivity contribution < 1.29 is 23.8 Å². The maximum Gasteiger partial charge on any atom is 0.244 e. The topological polar surface area (TPSA) is 77.1 Å². The maximum absolute atomic E-state index is 12.5. The van der Waals surface area contributed by atoms with Gasteiger partial charge < -0.3 is 19.5 Å². The standard InChI is InChI=1S/C19H20N2O5/c1-24-13-7-8-14(17(11-13)25-2)20-18(22)12-21-15-5-3-4-6-16(15)26-10-9-19(21)23/h3-8,11H,9-10,12H2,1-2H3,(H,20,22). The van der Waals surface area contributed by atoms with Gasteiger partial charge in [-0.05, 0) is 24.3 Å². The normalized spacial score (nSPS) is 13.3. The van der Waals surface area contributed by atoms with E-state index in [2.05, 4.69) is 5.32 Å². The van der Waals surface area contributed by atoms with E-state index in [9.17, 15) is 9.59 Å². The summed E-state index contributed by atoms with van der Waals surface area (Å²) in [6.07, 6.45) is 0.216. The van der Waals surface area contributed by atoms with Crippen LogP contribution in [0.5, 0.6) is 17.2 Å². The van der Waals surface area contributed by atoms with Crippen LogP contribution in [0.3, 0.4) is 0 Å². The van der Waals surface area contributed by atoms with E-state index < -0.39 is 0 Å². The number of benzene rings is 2. The Hall–Kier alpha value is -3.22. The van der Waals surface area contributed by atoms with Crippen molar-refractivity contribution in [2.75, 3.05) is 37.6 Å². The van der Waals surface area contributed by atoms with Crippen LogP contribution in [0, 0.1) is 0 Å². The van der Waals surface area contributed by atoms with Gasteiger partial charge >= 0.3 is 0 Å². The molecule has 1 heterocycles. The minimum Gasteiger partial charge on any atom is -0.497 e. The molecule has 0 saturated heterocycles. The fourth-order valence-corrected chi connectivity index (χ4v) is 2.73. The molecule has 2 aromatic carbocycles. The van der Waals surface area contributed by atoms with Crippen molar-refractivity contribution in [1.82, 2.24) is 0 Å². The molecule has 0 radical (unpaired) electrons. The summed E-state index contributed by atoms with van der Waals surface area (Å²) >= 11 is 0. The van der Waals surface area contributed by atoms with Crippen LogP contribution in [0.1, 0.15) is 6.42 Å². The number of rotatable bonds is 5. The smallest absolute Gasteiger partial charge is 0.244 e. The minimum atomic E-state index is -0.335. The molecule has 26 heavy (non-hydrogen) atoms. The highest BCUT2D eigenvalue weighted by atomic mass is 16.5. The Balaban J connectivity index is 1.78. The number of ether oxygens (including phenoxy) is 3. The molecule has 2 aromatic rings. The van der Waals surface area contributed by atoms with Gasteiger partial charge in [-0.2, -0.15) is 0 Å². The summed E-state index contributed by atoms with van der Waals surface area (Å²) in [5, 5.41) is 2.78. The van der Waals surface area contributed by atoms with Gasteiger partial charge in [-0.15, -0.1) is 0 Å². The Kier molecular flexibility index (Phi) is 5.26. The number of nitrogens with zero attached hydrogens (tertiary/aromatic N) is 1. The van der Waals surface area contributed by atoms with Crippen molar-refractivity contribution in [2.24, 2.45) is 0 Å². The van der Waals surface area contributed by atoms with Crippen molar-refractivity contribution in [3.8, 4) is 17.2 Å². The molecule has 7 nitrogen and oxygen atoms in total. The molecule has 0 bridgehead atoms. The Morgan fingerprint density at radius 1 is 1.19 bits per heavy atom. The fourth-order valence-electron chi connectivity index (χ4n) is 2.73. The molecule has 2 amide bonds.